The van der Waals surface area contributed by atoms with Crippen molar-refractivity contribution in [1.82, 2.24) is 15.2 Å². The Morgan fingerprint density at radius 2 is 2.14 bits per heavy atom. The van der Waals surface area contributed by atoms with Crippen LogP contribution in [0.4, 0.5) is 13.2 Å². The number of alkyl halides is 3. The Morgan fingerprint density at radius 3 is 2.79 bits per heavy atom. The standard InChI is InChI=1S/C7H11F3N4/c1-13-2-3-14-5(4-13)11-12-6(14)7(8,9)10/h5,11H,2-4H2,1H3/t5-/m0/s1. The van der Waals surface area contributed by atoms with Crippen LogP contribution in [0, 0.1) is 0 Å². The summed E-state index contributed by atoms with van der Waals surface area (Å²) in [6.07, 6.45) is -4.68. The Bertz CT molecular complexity index is 262. The van der Waals surface area contributed by atoms with Crippen molar-refractivity contribution in [3.8, 4) is 0 Å². The van der Waals surface area contributed by atoms with E-state index in [9.17, 15) is 13.2 Å². The Morgan fingerprint density at radius 1 is 1.43 bits per heavy atom. The summed E-state index contributed by atoms with van der Waals surface area (Å²) >= 11 is 0. The lowest BCUT2D eigenvalue weighted by molar-refractivity contribution is -0.0705. The van der Waals surface area contributed by atoms with Gasteiger partial charge in [-0.2, -0.15) is 18.3 Å². The molecule has 1 fully saturated rings. The van der Waals surface area contributed by atoms with E-state index < -0.39 is 12.0 Å². The average Bonchev–Trinajstić information content (AvgIpc) is 2.45. The number of hydrogen-bond donors (Lipinski definition) is 1. The fraction of sp³-hybridized carbons (Fsp3) is 0.857. The molecule has 0 bridgehead atoms. The minimum absolute atomic E-state index is 0.328. The van der Waals surface area contributed by atoms with Crippen LogP contribution >= 0.6 is 0 Å². The number of nitrogens with zero attached hydrogens (tertiary/aromatic N) is 3. The molecule has 4 nitrogen and oxygen atoms in total. The molecular weight excluding hydrogens is 197 g/mol. The molecule has 0 aliphatic carbocycles. The zero-order valence-electron chi connectivity index (χ0n) is 7.67. The van der Waals surface area contributed by atoms with Crippen molar-refractivity contribution in [3.05, 3.63) is 0 Å². The largest absolute Gasteiger partial charge is 0.451 e. The van der Waals surface area contributed by atoms with E-state index in [0.717, 1.165) is 0 Å². The highest BCUT2D eigenvalue weighted by Crippen LogP contribution is 2.25. The quantitative estimate of drug-likeness (QED) is 0.609. The van der Waals surface area contributed by atoms with Crippen molar-refractivity contribution in [2.45, 2.75) is 12.3 Å². The van der Waals surface area contributed by atoms with Gasteiger partial charge in [-0.25, -0.2) is 0 Å². The van der Waals surface area contributed by atoms with Gasteiger partial charge in [-0.3, -0.25) is 5.43 Å². The first-order valence-electron chi connectivity index (χ1n) is 4.34. The molecule has 0 unspecified atom stereocenters. The molecule has 2 aliphatic heterocycles. The van der Waals surface area contributed by atoms with Crippen LogP contribution in [-0.4, -0.2) is 54.7 Å². The Balaban J connectivity index is 2.11. The highest BCUT2D eigenvalue weighted by atomic mass is 19.4. The summed E-state index contributed by atoms with van der Waals surface area (Å²) in [6.45, 7) is 1.56. The van der Waals surface area contributed by atoms with E-state index in [1.807, 2.05) is 11.9 Å². The highest BCUT2D eigenvalue weighted by molar-refractivity contribution is 5.88. The first-order valence-corrected chi connectivity index (χ1v) is 4.34. The minimum Gasteiger partial charge on any atom is -0.327 e. The summed E-state index contributed by atoms with van der Waals surface area (Å²) in [4.78, 5) is 3.25. The molecule has 2 rings (SSSR count). The third-order valence-corrected chi connectivity index (χ3v) is 2.43. The van der Waals surface area contributed by atoms with Crippen molar-refractivity contribution in [2.75, 3.05) is 26.7 Å². The van der Waals surface area contributed by atoms with Gasteiger partial charge in [-0.1, -0.05) is 0 Å². The van der Waals surface area contributed by atoms with Gasteiger partial charge in [-0.05, 0) is 7.05 Å². The molecular formula is C7H11F3N4. The number of amidine groups is 1. The number of nitrogens with one attached hydrogen (secondary N) is 1. The lowest BCUT2D eigenvalue weighted by Crippen LogP contribution is -2.56. The topological polar surface area (TPSA) is 30.9 Å². The second-order valence-electron chi connectivity index (χ2n) is 3.53. The number of likely N-dealkylation sites (N-methyl/N-ethyl adjacent to an activating group) is 1. The minimum atomic E-state index is -4.35. The van der Waals surface area contributed by atoms with E-state index in [0.29, 0.717) is 19.6 Å². The monoisotopic (exact) mass is 208 g/mol. The molecule has 0 spiro atoms. The van der Waals surface area contributed by atoms with Crippen LogP contribution in [0.2, 0.25) is 0 Å². The van der Waals surface area contributed by atoms with Crippen molar-refractivity contribution in [2.24, 2.45) is 5.10 Å². The molecule has 80 valence electrons. The number of hydrazone groups is 1. The van der Waals surface area contributed by atoms with Crippen LogP contribution in [0.15, 0.2) is 5.10 Å². The van der Waals surface area contributed by atoms with Crippen LogP contribution in [-0.2, 0) is 0 Å². The molecule has 0 radical (unpaired) electrons. The lowest BCUT2D eigenvalue weighted by atomic mass is 10.3. The van der Waals surface area contributed by atoms with Gasteiger partial charge in [0.25, 0.3) is 0 Å². The van der Waals surface area contributed by atoms with Gasteiger partial charge in [0.05, 0.1) is 0 Å². The fourth-order valence-corrected chi connectivity index (χ4v) is 1.71. The number of piperazine rings is 1. The molecule has 2 aliphatic rings. The molecule has 1 N–H and O–H groups in total. The van der Waals surface area contributed by atoms with Gasteiger partial charge in [-0.15, -0.1) is 0 Å². The van der Waals surface area contributed by atoms with E-state index >= 15 is 0 Å². The maximum absolute atomic E-state index is 12.4. The molecule has 7 heteroatoms. The predicted molar refractivity (Wildman–Crippen MR) is 44.6 cm³/mol. The van der Waals surface area contributed by atoms with Gasteiger partial charge in [0.2, 0.25) is 5.84 Å². The summed E-state index contributed by atoms with van der Waals surface area (Å²) in [6, 6.07) is 0. The SMILES string of the molecule is CN1CCN2C(C(F)(F)F)=NN[C@@H]2C1. The molecule has 2 heterocycles. The number of hydrogen-bond acceptors (Lipinski definition) is 4. The first kappa shape index (κ1) is 9.57. The zero-order valence-corrected chi connectivity index (χ0v) is 7.67. The van der Waals surface area contributed by atoms with E-state index in [1.54, 1.807) is 0 Å². The number of fused-ring (bicyclic) bond motifs is 1. The molecule has 0 saturated carbocycles. The van der Waals surface area contributed by atoms with E-state index in [2.05, 4.69) is 10.5 Å². The Kier molecular flexibility index (Phi) is 2.06. The van der Waals surface area contributed by atoms with Crippen molar-refractivity contribution in [1.29, 1.82) is 0 Å². The van der Waals surface area contributed by atoms with Crippen molar-refractivity contribution < 1.29 is 13.2 Å². The fourth-order valence-electron chi connectivity index (χ4n) is 1.71. The van der Waals surface area contributed by atoms with Crippen LogP contribution in [0.5, 0.6) is 0 Å². The molecule has 1 atom stereocenters. The number of halogens is 3. The summed E-state index contributed by atoms with van der Waals surface area (Å²) in [7, 11) is 1.88. The van der Waals surface area contributed by atoms with E-state index in [-0.39, 0.29) is 6.17 Å². The Labute approximate surface area is 79.3 Å². The third kappa shape index (κ3) is 1.52. The average molecular weight is 208 g/mol. The molecule has 0 amide bonds. The maximum atomic E-state index is 12.4. The summed E-state index contributed by atoms with van der Waals surface area (Å²) in [5, 5.41) is 3.33. The van der Waals surface area contributed by atoms with Crippen molar-refractivity contribution in [3.63, 3.8) is 0 Å². The number of rotatable bonds is 0. The molecule has 0 aromatic heterocycles. The smallest absolute Gasteiger partial charge is 0.327 e. The van der Waals surface area contributed by atoms with Crippen LogP contribution < -0.4 is 5.43 Å². The lowest BCUT2D eigenvalue weighted by Gasteiger charge is -2.36. The third-order valence-electron chi connectivity index (χ3n) is 2.43. The van der Waals surface area contributed by atoms with Gasteiger partial charge >= 0.3 is 6.18 Å². The molecule has 0 aromatic carbocycles. The second kappa shape index (κ2) is 3.01. The van der Waals surface area contributed by atoms with Gasteiger partial charge in [0.1, 0.15) is 6.17 Å². The van der Waals surface area contributed by atoms with E-state index in [4.69, 9.17) is 0 Å². The summed E-state index contributed by atoms with van der Waals surface area (Å²) in [5.74, 6) is -0.796. The Hall–Kier alpha value is -0.980. The normalized spacial score (nSPS) is 28.4. The first-order chi connectivity index (χ1) is 6.48. The highest BCUT2D eigenvalue weighted by Gasteiger charge is 2.46. The summed E-state index contributed by atoms with van der Waals surface area (Å²) < 4.78 is 37.2. The zero-order chi connectivity index (χ0) is 10.3. The van der Waals surface area contributed by atoms with Crippen LogP contribution in [0.25, 0.3) is 0 Å². The predicted octanol–water partition coefficient (Wildman–Crippen LogP) is 0.0389. The summed E-state index contributed by atoms with van der Waals surface area (Å²) in [5.41, 5.74) is 2.50. The molecule has 14 heavy (non-hydrogen) atoms. The van der Waals surface area contributed by atoms with Gasteiger partial charge < -0.3 is 9.80 Å². The van der Waals surface area contributed by atoms with Crippen LogP contribution in [0.3, 0.4) is 0 Å². The molecule has 1 saturated heterocycles. The van der Waals surface area contributed by atoms with E-state index in [1.165, 1.54) is 4.90 Å². The van der Waals surface area contributed by atoms with Gasteiger partial charge in [0.15, 0.2) is 0 Å². The molecule has 0 aromatic rings. The van der Waals surface area contributed by atoms with Crippen molar-refractivity contribution >= 4 is 5.84 Å². The maximum Gasteiger partial charge on any atom is 0.451 e. The van der Waals surface area contributed by atoms with Gasteiger partial charge in [0, 0.05) is 19.6 Å². The van der Waals surface area contributed by atoms with Crippen LogP contribution in [0.1, 0.15) is 0 Å². The second-order valence-corrected chi connectivity index (χ2v) is 3.53.